The fourth-order valence-electron chi connectivity index (χ4n) is 5.16. The molecular formula is C27H37N5O5S. The second-order valence-corrected chi connectivity index (χ2v) is 12.9. The van der Waals surface area contributed by atoms with E-state index in [1.165, 1.54) is 19.8 Å². The average Bonchev–Trinajstić information content (AvgIpc) is 3.67. The number of aromatic nitrogens is 1. The summed E-state index contributed by atoms with van der Waals surface area (Å²) in [5, 5.41) is 11.4. The number of nitrogens with one attached hydrogen (secondary N) is 2. The molecule has 1 unspecified atom stereocenters. The Bertz CT molecular complexity index is 1280. The van der Waals surface area contributed by atoms with Crippen LogP contribution >= 0.6 is 0 Å². The van der Waals surface area contributed by atoms with Crippen molar-refractivity contribution in [1.82, 2.24) is 4.98 Å². The number of amides is 1. The van der Waals surface area contributed by atoms with Crippen LogP contribution in [-0.4, -0.2) is 75.7 Å². The summed E-state index contributed by atoms with van der Waals surface area (Å²) in [6.45, 7) is 7.35. The fourth-order valence-corrected chi connectivity index (χ4v) is 6.01. The van der Waals surface area contributed by atoms with Crippen LogP contribution in [-0.2, 0) is 14.8 Å². The van der Waals surface area contributed by atoms with Crippen molar-refractivity contribution < 1.29 is 23.1 Å². The normalized spacial score (nSPS) is 19.8. The van der Waals surface area contributed by atoms with E-state index in [1.807, 2.05) is 19.1 Å². The van der Waals surface area contributed by atoms with Crippen LogP contribution in [0.4, 0.5) is 23.0 Å². The second-order valence-electron chi connectivity index (χ2n) is 10.8. The molecule has 1 spiro atoms. The minimum Gasteiger partial charge on any atom is -0.395 e. The molecule has 1 aliphatic carbocycles. The van der Waals surface area contributed by atoms with Gasteiger partial charge in [-0.25, -0.2) is 13.4 Å². The van der Waals surface area contributed by atoms with E-state index in [4.69, 9.17) is 9.72 Å². The van der Waals surface area contributed by atoms with Gasteiger partial charge in [-0.05, 0) is 80.8 Å². The van der Waals surface area contributed by atoms with E-state index in [2.05, 4.69) is 19.8 Å². The van der Waals surface area contributed by atoms with Crippen LogP contribution < -0.4 is 19.8 Å². The van der Waals surface area contributed by atoms with Crippen molar-refractivity contribution in [1.29, 1.82) is 0 Å². The molecule has 3 N–H and O–H groups in total. The van der Waals surface area contributed by atoms with Crippen LogP contribution in [0.2, 0.25) is 0 Å². The maximum absolute atomic E-state index is 13.6. The number of hydrogen-bond acceptors (Lipinski definition) is 8. The highest BCUT2D eigenvalue weighted by atomic mass is 32.2. The number of ether oxygens (including phenoxy) is 1. The number of sulfonamides is 1. The Labute approximate surface area is 224 Å². The Hall–Kier alpha value is -2.89. The largest absolute Gasteiger partial charge is 0.395 e. The lowest BCUT2D eigenvalue weighted by Gasteiger charge is -2.35. The number of morpholine rings is 1. The summed E-state index contributed by atoms with van der Waals surface area (Å²) < 4.78 is 33.2. The number of aliphatic hydroxyl groups is 1. The number of pyridine rings is 1. The van der Waals surface area contributed by atoms with E-state index in [-0.39, 0.29) is 5.91 Å². The molecule has 1 aromatic heterocycles. The number of rotatable bonds is 8. The number of hydrogen-bond donors (Lipinski definition) is 3. The van der Waals surface area contributed by atoms with E-state index in [9.17, 15) is 18.3 Å². The molecular weight excluding hydrogens is 506 g/mol. The maximum atomic E-state index is 13.6. The zero-order valence-corrected chi connectivity index (χ0v) is 22.9. The minimum absolute atomic E-state index is 0.295. The molecule has 2 aromatic rings. The molecule has 1 saturated carbocycles. The third-order valence-electron chi connectivity index (χ3n) is 7.94. The van der Waals surface area contributed by atoms with Gasteiger partial charge < -0.3 is 25.0 Å². The molecule has 38 heavy (non-hydrogen) atoms. The minimum atomic E-state index is -3.76. The molecule has 3 fully saturated rings. The number of carbonyl (C=O) groups is 1. The highest BCUT2D eigenvalue weighted by molar-refractivity contribution is 7.93. The Balaban J connectivity index is 1.41. The summed E-state index contributed by atoms with van der Waals surface area (Å²) in [7, 11) is -3.76. The number of piperidine rings is 1. The molecule has 11 heteroatoms. The Morgan fingerprint density at radius 2 is 1.79 bits per heavy atom. The van der Waals surface area contributed by atoms with Crippen molar-refractivity contribution in [3.05, 3.63) is 41.5 Å². The summed E-state index contributed by atoms with van der Waals surface area (Å²) in [6.07, 6.45) is 4.65. The lowest BCUT2D eigenvalue weighted by Crippen LogP contribution is -2.37. The molecule has 0 radical (unpaired) electrons. The van der Waals surface area contributed by atoms with Gasteiger partial charge in [-0.1, -0.05) is 0 Å². The highest BCUT2D eigenvalue weighted by Gasteiger charge is 2.44. The highest BCUT2D eigenvalue weighted by Crippen LogP contribution is 2.54. The van der Waals surface area contributed by atoms with Gasteiger partial charge >= 0.3 is 0 Å². The molecule has 206 valence electrons. The van der Waals surface area contributed by atoms with Crippen molar-refractivity contribution >= 4 is 38.9 Å². The third kappa shape index (κ3) is 5.89. The number of carbonyl (C=O) groups excluding carboxylic acids is 1. The van der Waals surface area contributed by atoms with Crippen molar-refractivity contribution in [2.45, 2.75) is 44.8 Å². The zero-order chi connectivity index (χ0) is 26.9. The molecule has 2 saturated heterocycles. The predicted molar refractivity (Wildman–Crippen MR) is 149 cm³/mol. The molecule has 2 aliphatic heterocycles. The molecule has 0 bridgehead atoms. The van der Waals surface area contributed by atoms with E-state index in [1.54, 1.807) is 18.2 Å². The van der Waals surface area contributed by atoms with E-state index < -0.39 is 21.9 Å². The van der Waals surface area contributed by atoms with Crippen LogP contribution in [0.25, 0.3) is 0 Å². The second kappa shape index (κ2) is 10.7. The van der Waals surface area contributed by atoms with Crippen LogP contribution in [0.15, 0.2) is 30.3 Å². The fraction of sp³-hybridized carbons (Fsp3) is 0.556. The molecule has 3 aliphatic rings. The number of benzene rings is 1. The van der Waals surface area contributed by atoms with Crippen molar-refractivity contribution in [2.24, 2.45) is 5.41 Å². The average molecular weight is 544 g/mol. The first kappa shape index (κ1) is 26.7. The summed E-state index contributed by atoms with van der Waals surface area (Å²) in [4.78, 5) is 22.6. The van der Waals surface area contributed by atoms with Gasteiger partial charge in [0.15, 0.2) is 0 Å². The number of nitrogens with zero attached hydrogens (tertiary/aromatic N) is 3. The van der Waals surface area contributed by atoms with Gasteiger partial charge in [-0.2, -0.15) is 0 Å². The van der Waals surface area contributed by atoms with Gasteiger partial charge in [0.2, 0.25) is 10.0 Å². The molecule has 3 heterocycles. The van der Waals surface area contributed by atoms with Crippen LogP contribution in [0, 0.1) is 12.3 Å². The first-order chi connectivity index (χ1) is 18.2. The van der Waals surface area contributed by atoms with E-state index in [0.717, 1.165) is 50.4 Å². The van der Waals surface area contributed by atoms with Gasteiger partial charge in [0.05, 0.1) is 36.8 Å². The van der Waals surface area contributed by atoms with Crippen LogP contribution in [0.1, 0.15) is 48.5 Å². The van der Waals surface area contributed by atoms with Crippen molar-refractivity contribution in [3.63, 3.8) is 0 Å². The lowest BCUT2D eigenvalue weighted by atomic mass is 9.93. The SMILES string of the molecule is Cc1cc(NC(=O)c2ccc(NS(=O)(=O)C(C)CO)cc2N2CCC3(CC2)CC3)nc(N2CCOCC2)c1. The van der Waals surface area contributed by atoms with E-state index >= 15 is 0 Å². The van der Waals surface area contributed by atoms with Gasteiger partial charge in [0.25, 0.3) is 5.91 Å². The van der Waals surface area contributed by atoms with Crippen molar-refractivity contribution in [2.75, 3.05) is 65.8 Å². The lowest BCUT2D eigenvalue weighted by molar-refractivity contribution is 0.102. The smallest absolute Gasteiger partial charge is 0.258 e. The topological polar surface area (TPSA) is 124 Å². The van der Waals surface area contributed by atoms with Gasteiger partial charge in [-0.3, -0.25) is 9.52 Å². The number of aliphatic hydroxyl groups excluding tert-OH is 1. The predicted octanol–water partition coefficient (Wildman–Crippen LogP) is 2.98. The maximum Gasteiger partial charge on any atom is 0.258 e. The Morgan fingerprint density at radius 3 is 2.45 bits per heavy atom. The quantitative estimate of drug-likeness (QED) is 0.464. The standard InChI is InChI=1S/C27H37N5O5S/c1-19-15-24(28-25(16-19)32-11-13-37-14-12-32)29-26(34)22-4-3-21(30-38(35,36)20(2)18-33)17-23(22)31-9-7-27(5-6-27)8-10-31/h3-4,15-17,20,30,33H,5-14,18H2,1-2H3,(H,28,29,34). The molecule has 1 aromatic carbocycles. The third-order valence-corrected chi connectivity index (χ3v) is 9.67. The first-order valence-corrected chi connectivity index (χ1v) is 14.9. The molecule has 1 atom stereocenters. The Morgan fingerprint density at radius 1 is 1.08 bits per heavy atom. The van der Waals surface area contributed by atoms with Gasteiger partial charge in [0, 0.05) is 26.2 Å². The van der Waals surface area contributed by atoms with Gasteiger partial charge in [0.1, 0.15) is 16.9 Å². The molecule has 10 nitrogen and oxygen atoms in total. The van der Waals surface area contributed by atoms with Crippen LogP contribution in [0.5, 0.6) is 0 Å². The Kier molecular flexibility index (Phi) is 7.52. The number of anilines is 4. The summed E-state index contributed by atoms with van der Waals surface area (Å²) in [5.74, 6) is 0.979. The summed E-state index contributed by atoms with van der Waals surface area (Å²) in [5.41, 5.74) is 2.97. The van der Waals surface area contributed by atoms with Crippen molar-refractivity contribution in [3.8, 4) is 0 Å². The summed E-state index contributed by atoms with van der Waals surface area (Å²) >= 11 is 0. The molecule has 1 amide bonds. The molecule has 5 rings (SSSR count). The van der Waals surface area contributed by atoms with Gasteiger partial charge in [-0.15, -0.1) is 0 Å². The zero-order valence-electron chi connectivity index (χ0n) is 22.1. The van der Waals surface area contributed by atoms with Crippen LogP contribution in [0.3, 0.4) is 0 Å². The monoisotopic (exact) mass is 543 g/mol. The summed E-state index contributed by atoms with van der Waals surface area (Å²) in [6, 6.07) is 8.83. The number of aryl methyl sites for hydroxylation is 1. The first-order valence-electron chi connectivity index (χ1n) is 13.3. The van der Waals surface area contributed by atoms with E-state index in [0.29, 0.717) is 41.4 Å².